The zero-order valence-corrected chi connectivity index (χ0v) is 15.4. The largest absolute Gasteiger partial charge is 0.497 e. The second-order valence-corrected chi connectivity index (χ2v) is 7.06. The van der Waals surface area contributed by atoms with E-state index in [2.05, 4.69) is 15.4 Å². The molecule has 3 rings (SSSR count). The fraction of sp³-hybridized carbons (Fsp3) is 0.278. The topological polar surface area (TPSA) is 69.0 Å². The van der Waals surface area contributed by atoms with E-state index in [1.807, 2.05) is 45.0 Å². The Morgan fingerprint density at radius 3 is 2.60 bits per heavy atom. The molecule has 0 aliphatic carbocycles. The van der Waals surface area contributed by atoms with Gasteiger partial charge in [-0.2, -0.15) is 5.10 Å². The predicted molar refractivity (Wildman–Crippen MR) is 99.4 cm³/mol. The number of anilines is 1. The van der Waals surface area contributed by atoms with Crippen molar-refractivity contribution in [3.8, 4) is 17.0 Å². The van der Waals surface area contributed by atoms with Crippen molar-refractivity contribution in [1.82, 2.24) is 14.8 Å². The normalized spacial score (nSPS) is 10.9. The Bertz CT molecular complexity index is 881. The number of ether oxygens (including phenoxy) is 1. The highest BCUT2D eigenvalue weighted by Gasteiger charge is 2.17. The molecule has 0 aliphatic heterocycles. The van der Waals surface area contributed by atoms with Crippen LogP contribution in [0.4, 0.5) is 5.13 Å². The van der Waals surface area contributed by atoms with Crippen molar-refractivity contribution >= 4 is 22.4 Å². The van der Waals surface area contributed by atoms with Crippen molar-refractivity contribution in [3.05, 3.63) is 47.1 Å². The summed E-state index contributed by atoms with van der Waals surface area (Å²) in [5.74, 6) is 0.591. The van der Waals surface area contributed by atoms with Crippen LogP contribution < -0.4 is 10.1 Å². The fourth-order valence-corrected chi connectivity index (χ4v) is 3.36. The molecule has 0 aliphatic rings. The van der Waals surface area contributed by atoms with Gasteiger partial charge in [-0.3, -0.25) is 14.8 Å². The fourth-order valence-electron chi connectivity index (χ4n) is 2.53. The molecule has 2 heterocycles. The highest BCUT2D eigenvalue weighted by Crippen LogP contribution is 2.31. The molecule has 0 radical (unpaired) electrons. The maximum Gasteiger partial charge on any atom is 0.275 e. The van der Waals surface area contributed by atoms with Gasteiger partial charge in [-0.05, 0) is 51.1 Å². The molecule has 7 heteroatoms. The van der Waals surface area contributed by atoms with Crippen LogP contribution in [0.3, 0.4) is 0 Å². The van der Waals surface area contributed by atoms with E-state index in [9.17, 15) is 4.79 Å². The molecule has 6 nitrogen and oxygen atoms in total. The van der Waals surface area contributed by atoms with Gasteiger partial charge in [0.1, 0.15) is 11.4 Å². The van der Waals surface area contributed by atoms with Crippen molar-refractivity contribution in [2.24, 2.45) is 0 Å². The molecule has 0 spiro atoms. The second kappa shape index (κ2) is 7.06. The minimum Gasteiger partial charge on any atom is -0.497 e. The minimum atomic E-state index is -0.207. The Kier molecular flexibility index (Phi) is 4.85. The summed E-state index contributed by atoms with van der Waals surface area (Å²) >= 11 is 1.46. The second-order valence-electron chi connectivity index (χ2n) is 5.86. The van der Waals surface area contributed by atoms with E-state index in [-0.39, 0.29) is 11.9 Å². The van der Waals surface area contributed by atoms with Gasteiger partial charge in [0.15, 0.2) is 5.13 Å². The number of aryl methyl sites for hydroxylation is 1. The summed E-state index contributed by atoms with van der Waals surface area (Å²) in [6, 6.07) is 9.53. The Labute approximate surface area is 150 Å². The molecule has 130 valence electrons. The number of benzene rings is 1. The summed E-state index contributed by atoms with van der Waals surface area (Å²) in [5, 5.41) is 7.64. The van der Waals surface area contributed by atoms with Gasteiger partial charge in [-0.25, -0.2) is 4.98 Å². The molecule has 1 amide bonds. The number of amides is 1. The summed E-state index contributed by atoms with van der Waals surface area (Å²) in [5.41, 5.74) is 2.37. The van der Waals surface area contributed by atoms with Gasteiger partial charge in [0.05, 0.1) is 12.8 Å². The van der Waals surface area contributed by atoms with Crippen molar-refractivity contribution in [2.45, 2.75) is 26.8 Å². The number of aromatic nitrogens is 3. The first-order chi connectivity index (χ1) is 12.0. The molecule has 3 aromatic rings. The van der Waals surface area contributed by atoms with Gasteiger partial charge in [0, 0.05) is 22.7 Å². The van der Waals surface area contributed by atoms with Crippen LogP contribution in [-0.4, -0.2) is 27.8 Å². The molecule has 0 unspecified atom stereocenters. The van der Waals surface area contributed by atoms with Gasteiger partial charge in [0.2, 0.25) is 0 Å². The van der Waals surface area contributed by atoms with Crippen LogP contribution >= 0.6 is 11.3 Å². The molecule has 0 saturated carbocycles. The number of carbonyl (C=O) groups excluding carboxylic acids is 1. The number of nitrogens with one attached hydrogen (secondary N) is 1. The van der Waals surface area contributed by atoms with E-state index < -0.39 is 0 Å². The van der Waals surface area contributed by atoms with Gasteiger partial charge >= 0.3 is 0 Å². The van der Waals surface area contributed by atoms with E-state index in [0.29, 0.717) is 10.8 Å². The van der Waals surface area contributed by atoms with Crippen LogP contribution in [0.25, 0.3) is 11.3 Å². The minimum absolute atomic E-state index is 0.114. The van der Waals surface area contributed by atoms with Crippen LogP contribution in [-0.2, 0) is 0 Å². The first-order valence-corrected chi connectivity index (χ1v) is 8.78. The highest BCUT2D eigenvalue weighted by molar-refractivity contribution is 7.16. The number of thiazole rings is 1. The van der Waals surface area contributed by atoms with Gasteiger partial charge < -0.3 is 4.74 Å². The van der Waals surface area contributed by atoms with E-state index in [1.165, 1.54) is 11.3 Å². The molecule has 25 heavy (non-hydrogen) atoms. The van der Waals surface area contributed by atoms with E-state index >= 15 is 0 Å². The lowest BCUT2D eigenvalue weighted by atomic mass is 10.1. The molecule has 0 atom stereocenters. The lowest BCUT2D eigenvalue weighted by Crippen LogP contribution is -2.18. The predicted octanol–water partition coefficient (Wildman–Crippen LogP) is 4.16. The van der Waals surface area contributed by atoms with Crippen LogP contribution in [0, 0.1) is 6.92 Å². The number of carbonyl (C=O) groups is 1. The monoisotopic (exact) mass is 356 g/mol. The third-order valence-electron chi connectivity index (χ3n) is 3.77. The first kappa shape index (κ1) is 17.2. The SMILES string of the molecule is COc1ccc(-c2nc(NC(=O)c3ccnn3C(C)C)sc2C)cc1. The molecule has 0 fully saturated rings. The first-order valence-electron chi connectivity index (χ1n) is 7.96. The highest BCUT2D eigenvalue weighted by atomic mass is 32.1. The van der Waals surface area contributed by atoms with E-state index in [0.717, 1.165) is 21.9 Å². The van der Waals surface area contributed by atoms with Gasteiger partial charge in [0.25, 0.3) is 5.91 Å². The maximum atomic E-state index is 12.5. The maximum absolute atomic E-state index is 12.5. The standard InChI is InChI=1S/C18H20N4O2S/c1-11(2)22-15(9-10-19-22)17(23)21-18-20-16(12(3)25-18)13-5-7-14(24-4)8-6-13/h5-11H,1-4H3,(H,20,21,23). The van der Waals surface area contributed by atoms with Gasteiger partial charge in [-0.15, -0.1) is 11.3 Å². The quantitative estimate of drug-likeness (QED) is 0.745. The number of nitrogens with zero attached hydrogens (tertiary/aromatic N) is 3. The molecular weight excluding hydrogens is 336 g/mol. The molecule has 1 aromatic carbocycles. The molecule has 1 N–H and O–H groups in total. The van der Waals surface area contributed by atoms with Crippen molar-refractivity contribution < 1.29 is 9.53 Å². The third-order valence-corrected chi connectivity index (χ3v) is 4.66. The Balaban J connectivity index is 1.82. The zero-order chi connectivity index (χ0) is 18.0. The van der Waals surface area contributed by atoms with Crippen molar-refractivity contribution in [2.75, 3.05) is 12.4 Å². The average Bonchev–Trinajstić information content (AvgIpc) is 3.22. The lowest BCUT2D eigenvalue weighted by Gasteiger charge is -2.09. The van der Waals surface area contributed by atoms with Crippen molar-refractivity contribution in [3.63, 3.8) is 0 Å². The summed E-state index contributed by atoms with van der Waals surface area (Å²) in [4.78, 5) is 18.1. The summed E-state index contributed by atoms with van der Waals surface area (Å²) in [6.45, 7) is 5.96. The molecule has 2 aromatic heterocycles. The number of hydrogen-bond acceptors (Lipinski definition) is 5. The summed E-state index contributed by atoms with van der Waals surface area (Å²) in [6.07, 6.45) is 1.63. The van der Waals surface area contributed by atoms with E-state index in [1.54, 1.807) is 24.1 Å². The Morgan fingerprint density at radius 2 is 1.96 bits per heavy atom. The van der Waals surface area contributed by atoms with Crippen LogP contribution in [0.15, 0.2) is 36.5 Å². The summed E-state index contributed by atoms with van der Waals surface area (Å²) in [7, 11) is 1.64. The average molecular weight is 356 g/mol. The molecule has 0 bridgehead atoms. The van der Waals surface area contributed by atoms with Gasteiger partial charge in [-0.1, -0.05) is 0 Å². The van der Waals surface area contributed by atoms with Crippen LogP contribution in [0.5, 0.6) is 5.75 Å². The third kappa shape index (κ3) is 3.56. The zero-order valence-electron chi connectivity index (χ0n) is 14.6. The Morgan fingerprint density at radius 1 is 1.24 bits per heavy atom. The smallest absolute Gasteiger partial charge is 0.275 e. The molecule has 0 saturated heterocycles. The number of methoxy groups -OCH3 is 1. The van der Waals surface area contributed by atoms with Crippen LogP contribution in [0.2, 0.25) is 0 Å². The van der Waals surface area contributed by atoms with Crippen molar-refractivity contribution in [1.29, 1.82) is 0 Å². The van der Waals surface area contributed by atoms with Crippen LogP contribution in [0.1, 0.15) is 35.3 Å². The lowest BCUT2D eigenvalue weighted by molar-refractivity contribution is 0.101. The Hall–Kier alpha value is -2.67. The molecular formula is C18H20N4O2S. The van der Waals surface area contributed by atoms with E-state index in [4.69, 9.17) is 4.74 Å². The number of hydrogen-bond donors (Lipinski definition) is 1. The summed E-state index contributed by atoms with van der Waals surface area (Å²) < 4.78 is 6.88. The number of rotatable bonds is 5.